The van der Waals surface area contributed by atoms with Gasteiger partial charge in [-0.25, -0.2) is 0 Å². The minimum absolute atomic E-state index is 0.0972. The summed E-state index contributed by atoms with van der Waals surface area (Å²) < 4.78 is 0. The van der Waals surface area contributed by atoms with Crippen LogP contribution in [0.2, 0.25) is 0 Å². The lowest BCUT2D eigenvalue weighted by atomic mass is 9.57. The number of nitrogens with zero attached hydrogens (tertiary/aromatic N) is 1. The van der Waals surface area contributed by atoms with Gasteiger partial charge in [-0.3, -0.25) is 4.90 Å². The van der Waals surface area contributed by atoms with Crippen LogP contribution in [0, 0.1) is 29.1 Å². The normalized spacial score (nSPS) is 45.0. The Balaban J connectivity index is 1.70. The fraction of sp³-hybridized carbons (Fsp3) is 1.00. The van der Waals surface area contributed by atoms with E-state index in [2.05, 4.69) is 39.5 Å². The summed E-state index contributed by atoms with van der Waals surface area (Å²) in [5.41, 5.74) is 0.710. The molecular formula is C18H33NO. The van der Waals surface area contributed by atoms with Crippen LogP contribution in [-0.2, 0) is 0 Å². The molecule has 2 nitrogen and oxygen atoms in total. The van der Waals surface area contributed by atoms with E-state index in [9.17, 15) is 5.11 Å². The van der Waals surface area contributed by atoms with Gasteiger partial charge in [0.15, 0.2) is 0 Å². The highest BCUT2D eigenvalue weighted by Gasteiger charge is 2.55. The van der Waals surface area contributed by atoms with E-state index in [-0.39, 0.29) is 11.6 Å². The summed E-state index contributed by atoms with van der Waals surface area (Å²) in [6, 6.07) is 0. The monoisotopic (exact) mass is 279 g/mol. The van der Waals surface area contributed by atoms with Gasteiger partial charge in [-0.05, 0) is 56.3 Å². The summed E-state index contributed by atoms with van der Waals surface area (Å²) >= 11 is 0. The lowest BCUT2D eigenvalue weighted by molar-refractivity contribution is -0.0384. The number of rotatable bonds is 2. The Kier molecular flexibility index (Phi) is 3.49. The van der Waals surface area contributed by atoms with Gasteiger partial charge in [0.25, 0.3) is 0 Å². The number of likely N-dealkylation sites (tertiary alicyclic amines) is 1. The first-order valence-corrected chi connectivity index (χ1v) is 8.65. The maximum atomic E-state index is 10.6. The topological polar surface area (TPSA) is 23.5 Å². The molecule has 0 spiro atoms. The third-order valence-electron chi connectivity index (χ3n) is 7.03. The second-order valence-electron chi connectivity index (χ2n) is 9.21. The fourth-order valence-corrected chi connectivity index (χ4v) is 5.51. The van der Waals surface area contributed by atoms with E-state index < -0.39 is 0 Å². The largest absolute Gasteiger partial charge is 0.393 e. The van der Waals surface area contributed by atoms with Gasteiger partial charge in [0.05, 0.1) is 6.10 Å². The quantitative estimate of drug-likeness (QED) is 0.836. The number of hydrogen-bond acceptors (Lipinski definition) is 2. The molecule has 0 radical (unpaired) electrons. The molecule has 0 unspecified atom stereocenters. The maximum absolute atomic E-state index is 10.6. The van der Waals surface area contributed by atoms with Crippen LogP contribution in [0.25, 0.3) is 0 Å². The predicted molar refractivity (Wildman–Crippen MR) is 83.5 cm³/mol. The smallest absolute Gasteiger partial charge is 0.0588 e. The highest BCUT2D eigenvalue weighted by atomic mass is 16.3. The van der Waals surface area contributed by atoms with E-state index in [1.807, 2.05) is 0 Å². The molecule has 1 aliphatic heterocycles. The summed E-state index contributed by atoms with van der Waals surface area (Å²) in [5, 5.41) is 10.6. The van der Waals surface area contributed by atoms with Crippen LogP contribution in [0.1, 0.15) is 60.3 Å². The molecule has 20 heavy (non-hydrogen) atoms. The third kappa shape index (κ3) is 2.23. The molecule has 2 aliphatic carbocycles. The van der Waals surface area contributed by atoms with Gasteiger partial charge in [-0.1, -0.05) is 27.2 Å². The van der Waals surface area contributed by atoms with Gasteiger partial charge in [0.2, 0.25) is 0 Å². The number of aliphatic hydroxyl groups excluding tert-OH is 1. The van der Waals surface area contributed by atoms with Crippen molar-refractivity contribution in [3.8, 4) is 0 Å². The van der Waals surface area contributed by atoms with Crippen molar-refractivity contribution < 1.29 is 5.11 Å². The Morgan fingerprint density at radius 3 is 2.40 bits per heavy atom. The molecular weight excluding hydrogens is 246 g/mol. The maximum Gasteiger partial charge on any atom is 0.0588 e. The first-order valence-electron chi connectivity index (χ1n) is 8.65. The van der Waals surface area contributed by atoms with Crippen molar-refractivity contribution in [2.45, 2.75) is 71.9 Å². The lowest BCUT2D eigenvalue weighted by Crippen LogP contribution is -2.53. The molecule has 0 amide bonds. The van der Waals surface area contributed by atoms with Crippen LogP contribution in [0.4, 0.5) is 0 Å². The van der Waals surface area contributed by atoms with Crippen molar-refractivity contribution in [3.05, 3.63) is 0 Å². The predicted octanol–water partition coefficient (Wildman–Crippen LogP) is 3.54. The highest BCUT2D eigenvalue weighted by molar-refractivity contribution is 5.07. The number of fused-ring (bicyclic) bond motifs is 1. The van der Waals surface area contributed by atoms with E-state index in [0.29, 0.717) is 17.3 Å². The average molecular weight is 279 g/mol. The van der Waals surface area contributed by atoms with Crippen molar-refractivity contribution in [2.24, 2.45) is 29.1 Å². The molecule has 2 saturated carbocycles. The molecule has 0 aromatic heterocycles. The SMILES string of the molecule is C[C@@H]1CC[C@@H](C(C)(C)N2C[C@H]3CC(C)(C)[C@H]3C2)[C@H](O)C1. The third-order valence-corrected chi connectivity index (χ3v) is 7.03. The van der Waals surface area contributed by atoms with E-state index in [0.717, 1.165) is 18.3 Å². The zero-order chi connectivity index (χ0) is 14.7. The minimum Gasteiger partial charge on any atom is -0.393 e. The fourth-order valence-electron chi connectivity index (χ4n) is 5.51. The van der Waals surface area contributed by atoms with Gasteiger partial charge in [0.1, 0.15) is 0 Å². The van der Waals surface area contributed by atoms with Gasteiger partial charge in [-0.15, -0.1) is 0 Å². The van der Waals surface area contributed by atoms with Crippen molar-refractivity contribution in [1.82, 2.24) is 4.90 Å². The molecule has 3 fully saturated rings. The van der Waals surface area contributed by atoms with E-state index in [1.165, 1.54) is 32.4 Å². The molecule has 0 bridgehead atoms. The molecule has 5 atom stereocenters. The summed E-state index contributed by atoms with van der Waals surface area (Å²) in [4.78, 5) is 2.71. The molecule has 1 heterocycles. The van der Waals surface area contributed by atoms with Crippen molar-refractivity contribution in [2.75, 3.05) is 13.1 Å². The Bertz CT molecular complexity index is 376. The lowest BCUT2D eigenvalue weighted by Gasteiger charge is -2.48. The van der Waals surface area contributed by atoms with E-state index in [4.69, 9.17) is 0 Å². The zero-order valence-electron chi connectivity index (χ0n) is 14.0. The van der Waals surface area contributed by atoms with Crippen molar-refractivity contribution in [1.29, 1.82) is 0 Å². The van der Waals surface area contributed by atoms with Crippen LogP contribution in [0.15, 0.2) is 0 Å². The molecule has 1 N–H and O–H groups in total. The summed E-state index contributed by atoms with van der Waals surface area (Å²) in [6.45, 7) is 14.4. The van der Waals surface area contributed by atoms with Gasteiger partial charge in [0, 0.05) is 24.5 Å². The number of aliphatic hydroxyl groups is 1. The zero-order valence-corrected chi connectivity index (χ0v) is 14.0. The van der Waals surface area contributed by atoms with Crippen LogP contribution in [0.5, 0.6) is 0 Å². The minimum atomic E-state index is -0.0972. The molecule has 116 valence electrons. The van der Waals surface area contributed by atoms with Gasteiger partial charge >= 0.3 is 0 Å². The molecule has 0 aromatic carbocycles. The molecule has 3 aliphatic rings. The number of hydrogen-bond donors (Lipinski definition) is 1. The van der Waals surface area contributed by atoms with Crippen molar-refractivity contribution >= 4 is 0 Å². The van der Waals surface area contributed by atoms with Gasteiger partial charge in [-0.2, -0.15) is 0 Å². The first kappa shape index (κ1) is 14.8. The Hall–Kier alpha value is -0.0800. The van der Waals surface area contributed by atoms with Crippen LogP contribution < -0.4 is 0 Å². The summed E-state index contributed by atoms with van der Waals surface area (Å²) in [6.07, 6.45) is 4.79. The second kappa shape index (κ2) is 4.71. The molecule has 0 aromatic rings. The molecule has 2 heteroatoms. The van der Waals surface area contributed by atoms with Crippen LogP contribution >= 0.6 is 0 Å². The van der Waals surface area contributed by atoms with Crippen LogP contribution in [0.3, 0.4) is 0 Å². The summed E-state index contributed by atoms with van der Waals surface area (Å²) in [5.74, 6) is 2.97. The second-order valence-corrected chi connectivity index (χ2v) is 9.21. The van der Waals surface area contributed by atoms with Gasteiger partial charge < -0.3 is 5.11 Å². The molecule has 3 rings (SSSR count). The average Bonchev–Trinajstić information content (AvgIpc) is 2.68. The molecule has 1 saturated heterocycles. The van der Waals surface area contributed by atoms with E-state index >= 15 is 0 Å². The first-order chi connectivity index (χ1) is 9.22. The van der Waals surface area contributed by atoms with Crippen molar-refractivity contribution in [3.63, 3.8) is 0 Å². The summed E-state index contributed by atoms with van der Waals surface area (Å²) in [7, 11) is 0. The Morgan fingerprint density at radius 1 is 1.15 bits per heavy atom. The standard InChI is InChI=1S/C18H33NO/c1-12-6-7-14(16(20)8-12)18(4,5)19-10-13-9-17(2,3)15(13)11-19/h12-16,20H,6-11H2,1-5H3/t12-,13-,14-,15+,16-/m1/s1. The Labute approximate surface area is 124 Å². The van der Waals surface area contributed by atoms with E-state index in [1.54, 1.807) is 0 Å². The van der Waals surface area contributed by atoms with Crippen LogP contribution in [-0.4, -0.2) is 34.7 Å². The Morgan fingerprint density at radius 2 is 1.85 bits per heavy atom. The highest BCUT2D eigenvalue weighted by Crippen LogP contribution is 2.56.